The van der Waals surface area contributed by atoms with E-state index < -0.39 is 0 Å². The van der Waals surface area contributed by atoms with Crippen LogP contribution in [0.15, 0.2) is 28.7 Å². The van der Waals surface area contributed by atoms with Crippen molar-refractivity contribution in [2.45, 2.75) is 0 Å². The molecule has 20 heavy (non-hydrogen) atoms. The Hall–Kier alpha value is -1.42. The van der Waals surface area contributed by atoms with E-state index in [4.69, 9.17) is 5.26 Å². The number of carbonyl (C=O) groups is 1. The van der Waals surface area contributed by atoms with Gasteiger partial charge in [0.2, 0.25) is 5.91 Å². The number of carbonyl (C=O) groups excluding carboxylic acids is 1. The SMILES string of the molecule is N#CCN1CCN(CC(=O)Nc2ccccc2Br)CC1. The van der Waals surface area contributed by atoms with E-state index in [-0.39, 0.29) is 5.91 Å². The number of nitrogens with one attached hydrogen (secondary N) is 1. The van der Waals surface area contributed by atoms with Gasteiger partial charge in [-0.15, -0.1) is 0 Å². The highest BCUT2D eigenvalue weighted by molar-refractivity contribution is 9.10. The molecule has 5 nitrogen and oxygen atoms in total. The summed E-state index contributed by atoms with van der Waals surface area (Å²) in [7, 11) is 0. The second kappa shape index (κ2) is 7.39. The van der Waals surface area contributed by atoms with Crippen molar-refractivity contribution in [2.75, 3.05) is 44.6 Å². The first-order valence-electron chi connectivity index (χ1n) is 6.55. The van der Waals surface area contributed by atoms with Gasteiger partial charge < -0.3 is 5.32 Å². The summed E-state index contributed by atoms with van der Waals surface area (Å²) in [6, 6.07) is 9.72. The fourth-order valence-electron chi connectivity index (χ4n) is 2.16. The van der Waals surface area contributed by atoms with Crippen molar-refractivity contribution in [3.05, 3.63) is 28.7 Å². The van der Waals surface area contributed by atoms with Crippen molar-refractivity contribution in [3.8, 4) is 6.07 Å². The first-order valence-corrected chi connectivity index (χ1v) is 7.34. The highest BCUT2D eigenvalue weighted by atomic mass is 79.9. The monoisotopic (exact) mass is 336 g/mol. The minimum absolute atomic E-state index is 0.00867. The Bertz CT molecular complexity index is 506. The molecule has 2 rings (SSSR count). The highest BCUT2D eigenvalue weighted by Crippen LogP contribution is 2.21. The van der Waals surface area contributed by atoms with E-state index >= 15 is 0 Å². The maximum atomic E-state index is 12.0. The molecule has 106 valence electrons. The van der Waals surface area contributed by atoms with E-state index in [1.807, 2.05) is 24.3 Å². The van der Waals surface area contributed by atoms with Crippen LogP contribution >= 0.6 is 15.9 Å². The van der Waals surface area contributed by atoms with Gasteiger partial charge in [-0.05, 0) is 28.1 Å². The number of benzene rings is 1. The van der Waals surface area contributed by atoms with Gasteiger partial charge in [0.25, 0.3) is 0 Å². The number of para-hydroxylation sites is 1. The predicted molar refractivity (Wildman–Crippen MR) is 81.3 cm³/mol. The molecule has 0 aromatic heterocycles. The summed E-state index contributed by atoms with van der Waals surface area (Å²) in [6.07, 6.45) is 0. The molecule has 6 heteroatoms. The average Bonchev–Trinajstić information content (AvgIpc) is 2.44. The molecule has 0 saturated carbocycles. The number of halogens is 1. The largest absolute Gasteiger partial charge is 0.324 e. The third-order valence-electron chi connectivity index (χ3n) is 3.27. The van der Waals surface area contributed by atoms with Gasteiger partial charge >= 0.3 is 0 Å². The van der Waals surface area contributed by atoms with Gasteiger partial charge in [-0.2, -0.15) is 5.26 Å². The van der Waals surface area contributed by atoms with E-state index in [0.29, 0.717) is 13.1 Å². The molecule has 0 radical (unpaired) electrons. The van der Waals surface area contributed by atoms with Crippen LogP contribution in [0.3, 0.4) is 0 Å². The molecule has 1 heterocycles. The van der Waals surface area contributed by atoms with Crippen molar-refractivity contribution >= 4 is 27.5 Å². The van der Waals surface area contributed by atoms with E-state index in [0.717, 1.165) is 36.3 Å². The van der Waals surface area contributed by atoms with Crippen LogP contribution in [0.5, 0.6) is 0 Å². The van der Waals surface area contributed by atoms with E-state index in [1.165, 1.54) is 0 Å². The third kappa shape index (κ3) is 4.30. The average molecular weight is 337 g/mol. The lowest BCUT2D eigenvalue weighted by atomic mass is 10.3. The number of nitrogens with zero attached hydrogens (tertiary/aromatic N) is 3. The lowest BCUT2D eigenvalue weighted by molar-refractivity contribution is -0.117. The number of piperazine rings is 1. The molecule has 1 saturated heterocycles. The Morgan fingerprint density at radius 3 is 2.55 bits per heavy atom. The highest BCUT2D eigenvalue weighted by Gasteiger charge is 2.18. The summed E-state index contributed by atoms with van der Waals surface area (Å²) in [5, 5.41) is 11.5. The minimum Gasteiger partial charge on any atom is -0.324 e. The molecular weight excluding hydrogens is 320 g/mol. The summed E-state index contributed by atoms with van der Waals surface area (Å²) >= 11 is 3.41. The second-order valence-corrected chi connectivity index (χ2v) is 5.59. The molecule has 1 aromatic rings. The van der Waals surface area contributed by atoms with Gasteiger partial charge in [-0.3, -0.25) is 14.6 Å². The van der Waals surface area contributed by atoms with Gasteiger partial charge in [0.15, 0.2) is 0 Å². The van der Waals surface area contributed by atoms with E-state index in [2.05, 4.69) is 37.1 Å². The maximum Gasteiger partial charge on any atom is 0.238 e. The molecule has 0 bridgehead atoms. The molecule has 0 aliphatic carbocycles. The van der Waals surface area contributed by atoms with Gasteiger partial charge in [0, 0.05) is 30.7 Å². The molecule has 0 atom stereocenters. The molecule has 1 amide bonds. The van der Waals surface area contributed by atoms with E-state index in [9.17, 15) is 4.79 Å². The Kier molecular flexibility index (Phi) is 5.53. The Labute approximate surface area is 127 Å². The first kappa shape index (κ1) is 15.0. The number of hydrogen-bond donors (Lipinski definition) is 1. The topological polar surface area (TPSA) is 59.4 Å². The van der Waals surface area contributed by atoms with Crippen LogP contribution in [0.25, 0.3) is 0 Å². The lowest BCUT2D eigenvalue weighted by Gasteiger charge is -2.32. The summed E-state index contributed by atoms with van der Waals surface area (Å²) in [6.45, 7) is 4.20. The zero-order valence-corrected chi connectivity index (χ0v) is 12.8. The maximum absolute atomic E-state index is 12.0. The van der Waals surface area contributed by atoms with Crippen LogP contribution in [-0.2, 0) is 4.79 Å². The quantitative estimate of drug-likeness (QED) is 0.847. The van der Waals surface area contributed by atoms with Crippen molar-refractivity contribution in [1.29, 1.82) is 5.26 Å². The summed E-state index contributed by atoms with van der Waals surface area (Å²) in [5.74, 6) is -0.00867. The molecule has 1 aliphatic heterocycles. The van der Waals surface area contributed by atoms with E-state index in [1.54, 1.807) is 0 Å². The van der Waals surface area contributed by atoms with Crippen LogP contribution < -0.4 is 5.32 Å². The van der Waals surface area contributed by atoms with Crippen LogP contribution in [0.4, 0.5) is 5.69 Å². The third-order valence-corrected chi connectivity index (χ3v) is 3.97. The molecule has 1 aromatic carbocycles. The van der Waals surface area contributed by atoms with Gasteiger partial charge in [0.1, 0.15) is 0 Å². The Balaban J connectivity index is 1.79. The number of nitriles is 1. The van der Waals surface area contributed by atoms with Crippen molar-refractivity contribution in [3.63, 3.8) is 0 Å². The minimum atomic E-state index is -0.00867. The standard InChI is InChI=1S/C14H17BrN4O/c15-12-3-1-2-4-13(12)17-14(20)11-19-9-7-18(6-5-16)8-10-19/h1-4H,6-11H2,(H,17,20). The zero-order chi connectivity index (χ0) is 14.4. The number of amides is 1. The fourth-order valence-corrected chi connectivity index (χ4v) is 2.54. The number of hydrogen-bond acceptors (Lipinski definition) is 4. The molecule has 1 fully saturated rings. The van der Waals surface area contributed by atoms with Gasteiger partial charge in [-0.1, -0.05) is 12.1 Å². The van der Waals surface area contributed by atoms with Crippen molar-refractivity contribution < 1.29 is 4.79 Å². The molecule has 0 spiro atoms. The van der Waals surface area contributed by atoms with Crippen molar-refractivity contribution in [1.82, 2.24) is 9.80 Å². The Morgan fingerprint density at radius 1 is 1.25 bits per heavy atom. The Morgan fingerprint density at radius 2 is 1.90 bits per heavy atom. The van der Waals surface area contributed by atoms with Crippen LogP contribution in [0, 0.1) is 11.3 Å². The number of anilines is 1. The molecular formula is C14H17BrN4O. The second-order valence-electron chi connectivity index (χ2n) is 4.74. The number of rotatable bonds is 4. The molecule has 1 N–H and O–H groups in total. The van der Waals surface area contributed by atoms with Crippen LogP contribution in [0.1, 0.15) is 0 Å². The smallest absolute Gasteiger partial charge is 0.238 e. The first-order chi connectivity index (χ1) is 9.69. The summed E-state index contributed by atoms with van der Waals surface area (Å²) in [5.41, 5.74) is 0.792. The van der Waals surface area contributed by atoms with Crippen LogP contribution in [0.2, 0.25) is 0 Å². The zero-order valence-electron chi connectivity index (χ0n) is 11.2. The lowest BCUT2D eigenvalue weighted by Crippen LogP contribution is -2.48. The summed E-state index contributed by atoms with van der Waals surface area (Å²) in [4.78, 5) is 16.2. The van der Waals surface area contributed by atoms with Crippen molar-refractivity contribution in [2.24, 2.45) is 0 Å². The fraction of sp³-hybridized carbons (Fsp3) is 0.429. The molecule has 1 aliphatic rings. The molecule has 0 unspecified atom stereocenters. The summed E-state index contributed by atoms with van der Waals surface area (Å²) < 4.78 is 0.882. The van der Waals surface area contributed by atoms with Gasteiger partial charge in [0.05, 0.1) is 24.8 Å². The predicted octanol–water partition coefficient (Wildman–Crippen LogP) is 1.53. The van der Waals surface area contributed by atoms with Gasteiger partial charge in [-0.25, -0.2) is 0 Å². The van der Waals surface area contributed by atoms with Crippen LogP contribution in [-0.4, -0.2) is 55.0 Å². The normalized spacial score (nSPS) is 16.6.